The first kappa shape index (κ1) is 27.2. The average molecular weight is 548 g/mol. The van der Waals surface area contributed by atoms with Gasteiger partial charge in [-0.1, -0.05) is 0 Å². The minimum Gasteiger partial charge on any atom is -0.388 e. The van der Waals surface area contributed by atoms with Gasteiger partial charge >= 0.3 is 23.5 Å². The Morgan fingerprint density at radius 2 is 1.79 bits per heavy atom. The average Bonchev–Trinajstić information content (AvgIpc) is 3.26. The molecule has 0 spiro atoms. The number of fused-ring (bicyclic) bond motifs is 1. The number of hydrogen-bond donors (Lipinski definition) is 5. The largest absolute Gasteiger partial charge is 0.492 e. The van der Waals surface area contributed by atoms with Crippen LogP contribution < -0.4 is 11.5 Å². The van der Waals surface area contributed by atoms with Gasteiger partial charge < -0.3 is 31.1 Å². The number of phosphoric acid groups is 3. The second-order valence-corrected chi connectivity index (χ2v) is 12.2. The Morgan fingerprint density at radius 3 is 2.41 bits per heavy atom. The van der Waals surface area contributed by atoms with Gasteiger partial charge in [-0.2, -0.15) is 8.62 Å². The molecule has 21 heteroatoms. The molecule has 7 atom stereocenters. The number of aliphatic hydroxyl groups is 1. The molecule has 192 valence electrons. The van der Waals surface area contributed by atoms with Crippen molar-refractivity contribution in [1.82, 2.24) is 19.5 Å². The van der Waals surface area contributed by atoms with Crippen LogP contribution in [0.2, 0.25) is 0 Å². The molecular formula is C13H23N6O12P3. The van der Waals surface area contributed by atoms with E-state index in [4.69, 9.17) is 20.7 Å². The second kappa shape index (κ2) is 9.59. The van der Waals surface area contributed by atoms with Gasteiger partial charge in [0.25, 0.3) is 0 Å². The van der Waals surface area contributed by atoms with Crippen LogP contribution in [0.4, 0.5) is 5.82 Å². The van der Waals surface area contributed by atoms with Gasteiger partial charge in [-0.05, 0) is 6.92 Å². The van der Waals surface area contributed by atoms with E-state index in [1.54, 1.807) is 0 Å². The summed E-state index contributed by atoms with van der Waals surface area (Å²) in [5.74, 6) is 0.102. The van der Waals surface area contributed by atoms with Crippen molar-refractivity contribution in [1.29, 1.82) is 0 Å². The first-order valence-electron chi connectivity index (χ1n) is 9.14. The fourth-order valence-electron chi connectivity index (χ4n) is 3.03. The molecule has 1 aliphatic heterocycles. The smallest absolute Gasteiger partial charge is 0.388 e. The zero-order chi connectivity index (χ0) is 25.5. The van der Waals surface area contributed by atoms with Crippen LogP contribution in [0.5, 0.6) is 0 Å². The third-order valence-corrected chi connectivity index (χ3v) is 9.36. The Labute approximate surface area is 191 Å². The normalized spacial score (nSPS) is 30.6. The lowest BCUT2D eigenvalue weighted by atomic mass is 9.93. The molecule has 0 amide bonds. The molecule has 0 bridgehead atoms. The van der Waals surface area contributed by atoms with Crippen LogP contribution in [0.15, 0.2) is 12.7 Å². The first-order chi connectivity index (χ1) is 15.6. The van der Waals surface area contributed by atoms with Crippen molar-refractivity contribution in [3.8, 4) is 0 Å². The molecular weight excluding hydrogens is 525 g/mol. The summed E-state index contributed by atoms with van der Waals surface area (Å²) in [6.07, 6.45) is -1.32. The summed E-state index contributed by atoms with van der Waals surface area (Å²) in [7, 11) is -13.8. The fourth-order valence-corrected chi connectivity index (χ4v) is 6.76. The number of aliphatic hydroxyl groups excluding tert-OH is 1. The number of aromatic nitrogens is 4. The van der Waals surface area contributed by atoms with Crippen molar-refractivity contribution in [3.05, 3.63) is 12.7 Å². The van der Waals surface area contributed by atoms with E-state index >= 15 is 0 Å². The van der Waals surface area contributed by atoms with E-state index in [1.165, 1.54) is 24.1 Å². The molecule has 2 aromatic rings. The molecule has 3 unspecified atom stereocenters. The molecule has 1 fully saturated rings. The van der Waals surface area contributed by atoms with E-state index in [1.807, 2.05) is 0 Å². The summed E-state index contributed by atoms with van der Waals surface area (Å²) in [5, 5.41) is 10.6. The van der Waals surface area contributed by atoms with Gasteiger partial charge in [0.2, 0.25) is 0 Å². The van der Waals surface area contributed by atoms with Gasteiger partial charge in [-0.15, -0.1) is 0 Å². The molecule has 0 saturated carbocycles. The van der Waals surface area contributed by atoms with Gasteiger partial charge in [-0.3, -0.25) is 18.1 Å². The number of nitrogens with two attached hydrogens (primary N) is 2. The van der Waals surface area contributed by atoms with Crippen LogP contribution in [0.3, 0.4) is 0 Å². The van der Waals surface area contributed by atoms with E-state index in [-0.39, 0.29) is 17.0 Å². The highest BCUT2D eigenvalue weighted by molar-refractivity contribution is 7.67. The van der Waals surface area contributed by atoms with Gasteiger partial charge in [0.05, 0.1) is 18.5 Å². The number of ether oxygens (including phenoxy) is 1. The van der Waals surface area contributed by atoms with E-state index in [9.17, 15) is 28.6 Å². The number of rotatable bonds is 10. The SMILES string of the molecule is COP(=O)(O)OP(=O)(OC)OP(=O)(O)OC[C@H]1O[C@@H](n2cnc3c(N)ncnc32)[C@](C)(N)[C@@H]1O. The van der Waals surface area contributed by atoms with Gasteiger partial charge in [-0.25, -0.2) is 28.6 Å². The topological polar surface area (TPSA) is 263 Å². The molecule has 18 nitrogen and oxygen atoms in total. The Bertz CT molecular complexity index is 1190. The summed E-state index contributed by atoms with van der Waals surface area (Å²) >= 11 is 0. The van der Waals surface area contributed by atoms with E-state index in [0.717, 1.165) is 14.2 Å². The van der Waals surface area contributed by atoms with Crippen molar-refractivity contribution >= 4 is 40.4 Å². The predicted octanol–water partition coefficient (Wildman–Crippen LogP) is 0.0357. The lowest BCUT2D eigenvalue weighted by Gasteiger charge is -2.28. The Hall–Kier alpha value is -1.36. The van der Waals surface area contributed by atoms with Crippen LogP contribution in [0.1, 0.15) is 13.2 Å². The molecule has 0 aromatic carbocycles. The number of anilines is 1. The second-order valence-electron chi connectivity index (χ2n) is 7.13. The quantitative estimate of drug-likeness (QED) is 0.245. The zero-order valence-corrected chi connectivity index (χ0v) is 20.6. The Balaban J connectivity index is 1.75. The lowest BCUT2D eigenvalue weighted by Crippen LogP contribution is -2.52. The van der Waals surface area contributed by atoms with Crippen molar-refractivity contribution in [2.45, 2.75) is 30.9 Å². The summed E-state index contributed by atoms with van der Waals surface area (Å²) < 4.78 is 64.7. The van der Waals surface area contributed by atoms with Crippen LogP contribution >= 0.6 is 23.5 Å². The number of phosphoric ester groups is 2. The highest BCUT2D eigenvalue weighted by atomic mass is 31.3. The van der Waals surface area contributed by atoms with Crippen LogP contribution in [0, 0.1) is 0 Å². The van der Waals surface area contributed by atoms with Crippen molar-refractivity contribution in [2.24, 2.45) is 5.73 Å². The molecule has 3 rings (SSSR count). The van der Waals surface area contributed by atoms with E-state index in [2.05, 4.69) is 32.6 Å². The summed E-state index contributed by atoms with van der Waals surface area (Å²) in [6, 6.07) is 0. The van der Waals surface area contributed by atoms with Crippen molar-refractivity contribution in [2.75, 3.05) is 26.6 Å². The number of hydrogen-bond acceptors (Lipinski definition) is 15. The Morgan fingerprint density at radius 1 is 1.15 bits per heavy atom. The lowest BCUT2D eigenvalue weighted by molar-refractivity contribution is -0.0447. The third-order valence-electron chi connectivity index (χ3n) is 4.73. The maximum atomic E-state index is 12.3. The zero-order valence-electron chi connectivity index (χ0n) is 17.9. The number of nitrogens with zero attached hydrogens (tertiary/aromatic N) is 4. The number of imidazole rings is 1. The maximum Gasteiger partial charge on any atom is 0.492 e. The van der Waals surface area contributed by atoms with Gasteiger partial charge in [0.15, 0.2) is 17.7 Å². The van der Waals surface area contributed by atoms with E-state index < -0.39 is 54.0 Å². The van der Waals surface area contributed by atoms with Crippen molar-refractivity contribution < 1.29 is 55.5 Å². The molecule has 7 N–H and O–H groups in total. The molecule has 2 aromatic heterocycles. The van der Waals surface area contributed by atoms with Crippen LogP contribution in [-0.2, 0) is 40.6 Å². The minimum absolute atomic E-state index is 0.102. The summed E-state index contributed by atoms with van der Waals surface area (Å²) in [5.41, 5.74) is 11.1. The third kappa shape index (κ3) is 5.55. The fraction of sp³-hybridized carbons (Fsp3) is 0.615. The maximum absolute atomic E-state index is 12.3. The van der Waals surface area contributed by atoms with Gasteiger partial charge in [0, 0.05) is 14.2 Å². The molecule has 3 heterocycles. The van der Waals surface area contributed by atoms with Crippen LogP contribution in [-0.4, -0.2) is 73.0 Å². The first-order valence-corrected chi connectivity index (χ1v) is 13.6. The molecule has 0 radical (unpaired) electrons. The van der Waals surface area contributed by atoms with E-state index in [0.29, 0.717) is 0 Å². The standard InChI is InChI=1S/C13H23N6O12P3/c1-13(15)9(20)7(29-12(13)19-6-18-8-10(14)16-5-17-11(8)19)4-28-33(23,24)31-34(25,27-3)30-32(21,22)26-2/h5-7,9,12,20H,4,15H2,1-3H3,(H,21,22)(H,23,24)(H2,14,16,17)/t7-,9-,12-,13-,34?/m1/s1. The Kier molecular flexibility index (Phi) is 7.68. The molecule has 34 heavy (non-hydrogen) atoms. The summed E-state index contributed by atoms with van der Waals surface area (Å²) in [4.78, 5) is 31.2. The molecule has 0 aliphatic carbocycles. The highest BCUT2D eigenvalue weighted by Gasteiger charge is 2.53. The summed E-state index contributed by atoms with van der Waals surface area (Å²) in [6.45, 7) is 0.650. The highest BCUT2D eigenvalue weighted by Crippen LogP contribution is 2.69. The molecule has 1 saturated heterocycles. The van der Waals surface area contributed by atoms with Crippen molar-refractivity contribution in [3.63, 3.8) is 0 Å². The van der Waals surface area contributed by atoms with Gasteiger partial charge in [0.1, 0.15) is 24.1 Å². The number of nitrogen functional groups attached to an aromatic ring is 1. The monoisotopic (exact) mass is 548 g/mol. The van der Waals surface area contributed by atoms with Crippen LogP contribution in [0.25, 0.3) is 11.2 Å². The minimum atomic E-state index is -5.26. The predicted molar refractivity (Wildman–Crippen MR) is 112 cm³/mol. The molecule has 1 aliphatic rings.